The topological polar surface area (TPSA) is 52.1 Å². The Morgan fingerprint density at radius 3 is 2.74 bits per heavy atom. The van der Waals surface area contributed by atoms with E-state index in [1.165, 1.54) is 19.2 Å². The summed E-state index contributed by atoms with van der Waals surface area (Å²) in [7, 11) is 1.36. The summed E-state index contributed by atoms with van der Waals surface area (Å²) in [6, 6.07) is 4.59. The van der Waals surface area contributed by atoms with E-state index in [9.17, 15) is 9.18 Å². The summed E-state index contributed by atoms with van der Waals surface area (Å²) in [5, 5.41) is -0.000259. The van der Waals surface area contributed by atoms with Crippen molar-refractivity contribution in [3.63, 3.8) is 0 Å². The fraction of sp³-hybridized carbons (Fsp3) is 0.154. The van der Waals surface area contributed by atoms with Crippen LogP contribution in [0.4, 0.5) is 4.39 Å². The first-order valence-electron chi connectivity index (χ1n) is 5.40. The highest BCUT2D eigenvalue weighted by atomic mass is 35.5. The molecule has 0 N–H and O–H groups in total. The van der Waals surface area contributed by atoms with Gasteiger partial charge in [-0.2, -0.15) is 0 Å². The summed E-state index contributed by atoms with van der Waals surface area (Å²) in [4.78, 5) is 19.0. The van der Waals surface area contributed by atoms with Crippen LogP contribution in [0.15, 0.2) is 18.2 Å². The summed E-state index contributed by atoms with van der Waals surface area (Å²) < 4.78 is 19.1. The van der Waals surface area contributed by atoms with E-state index in [4.69, 9.17) is 16.3 Å². The smallest absolute Gasteiger partial charge is 0.174 e. The number of hydrogen-bond donors (Lipinski definition) is 0. The van der Waals surface area contributed by atoms with E-state index in [1.54, 1.807) is 13.0 Å². The second kappa shape index (κ2) is 5.32. The van der Waals surface area contributed by atoms with Gasteiger partial charge in [-0.05, 0) is 19.1 Å². The molecule has 19 heavy (non-hydrogen) atoms. The van der Waals surface area contributed by atoms with Gasteiger partial charge in [-0.15, -0.1) is 0 Å². The van der Waals surface area contributed by atoms with Crippen LogP contribution in [0.25, 0.3) is 11.3 Å². The van der Waals surface area contributed by atoms with Gasteiger partial charge >= 0.3 is 0 Å². The van der Waals surface area contributed by atoms with Gasteiger partial charge in [-0.25, -0.2) is 14.4 Å². The lowest BCUT2D eigenvalue weighted by Crippen LogP contribution is -2.01. The minimum absolute atomic E-state index is 0.000259. The predicted molar refractivity (Wildman–Crippen MR) is 69.1 cm³/mol. The zero-order chi connectivity index (χ0) is 14.0. The normalized spacial score (nSPS) is 10.3. The Balaban J connectivity index is 2.75. The van der Waals surface area contributed by atoms with Crippen LogP contribution in [-0.2, 0) is 0 Å². The molecule has 0 aliphatic heterocycles. The lowest BCUT2D eigenvalue weighted by atomic mass is 10.1. The molecule has 1 aromatic heterocycles. The molecule has 0 radical (unpaired) electrons. The van der Waals surface area contributed by atoms with Gasteiger partial charge in [0, 0.05) is 5.56 Å². The summed E-state index contributed by atoms with van der Waals surface area (Å²) >= 11 is 5.87. The van der Waals surface area contributed by atoms with E-state index in [0.29, 0.717) is 12.1 Å². The van der Waals surface area contributed by atoms with Crippen molar-refractivity contribution < 1.29 is 13.9 Å². The van der Waals surface area contributed by atoms with E-state index in [2.05, 4.69) is 9.97 Å². The highest BCUT2D eigenvalue weighted by Crippen LogP contribution is 2.31. The number of carbonyl (C=O) groups excluding carboxylic acids is 1. The first-order chi connectivity index (χ1) is 9.08. The third-order valence-electron chi connectivity index (χ3n) is 2.57. The summed E-state index contributed by atoms with van der Waals surface area (Å²) in [5.41, 5.74) is 0.358. The number of methoxy groups -OCH3 is 1. The Morgan fingerprint density at radius 2 is 2.11 bits per heavy atom. The van der Waals surface area contributed by atoms with E-state index in [0.717, 1.165) is 0 Å². The van der Waals surface area contributed by atoms with Gasteiger partial charge in [0.1, 0.15) is 11.0 Å². The molecule has 0 atom stereocenters. The summed E-state index contributed by atoms with van der Waals surface area (Å²) in [6.45, 7) is 1.61. The van der Waals surface area contributed by atoms with Crippen LogP contribution in [0.5, 0.6) is 5.75 Å². The van der Waals surface area contributed by atoms with Crippen molar-refractivity contribution in [1.29, 1.82) is 0 Å². The summed E-state index contributed by atoms with van der Waals surface area (Å²) in [6.07, 6.45) is 0.510. The molecular weight excluding hydrogens is 271 g/mol. The van der Waals surface area contributed by atoms with Crippen molar-refractivity contribution in [3.05, 3.63) is 40.6 Å². The van der Waals surface area contributed by atoms with Crippen molar-refractivity contribution in [1.82, 2.24) is 9.97 Å². The van der Waals surface area contributed by atoms with Crippen molar-refractivity contribution in [2.45, 2.75) is 6.92 Å². The standard InChI is InChI=1S/C13H10ClFN2O2/c1-7-16-12(9(6-18)13(14)17-7)8-4-3-5-10(19-2)11(8)15/h3-6H,1-2H3. The van der Waals surface area contributed by atoms with Gasteiger partial charge in [0.15, 0.2) is 17.9 Å². The molecule has 1 heterocycles. The highest BCUT2D eigenvalue weighted by Gasteiger charge is 2.18. The van der Waals surface area contributed by atoms with Crippen molar-refractivity contribution in [2.75, 3.05) is 7.11 Å². The molecule has 0 saturated carbocycles. The van der Waals surface area contributed by atoms with Crippen LogP contribution in [0.1, 0.15) is 16.2 Å². The number of benzene rings is 1. The van der Waals surface area contributed by atoms with Gasteiger partial charge in [0.25, 0.3) is 0 Å². The molecule has 0 unspecified atom stereocenters. The predicted octanol–water partition coefficient (Wildman–Crippen LogP) is 3.07. The van der Waals surface area contributed by atoms with Gasteiger partial charge < -0.3 is 4.74 Å². The zero-order valence-electron chi connectivity index (χ0n) is 10.3. The van der Waals surface area contributed by atoms with Gasteiger partial charge in [-0.1, -0.05) is 17.7 Å². The molecule has 6 heteroatoms. The van der Waals surface area contributed by atoms with Crippen LogP contribution in [-0.4, -0.2) is 23.4 Å². The lowest BCUT2D eigenvalue weighted by Gasteiger charge is -2.10. The van der Waals surface area contributed by atoms with E-state index >= 15 is 0 Å². The van der Waals surface area contributed by atoms with Crippen molar-refractivity contribution in [3.8, 4) is 17.0 Å². The molecule has 0 amide bonds. The Bertz CT molecular complexity index is 647. The number of aromatic nitrogens is 2. The van der Waals surface area contributed by atoms with E-state index in [1.807, 2.05) is 0 Å². The zero-order valence-corrected chi connectivity index (χ0v) is 11.0. The third kappa shape index (κ3) is 2.42. The fourth-order valence-electron chi connectivity index (χ4n) is 1.71. The molecular formula is C13H10ClFN2O2. The van der Waals surface area contributed by atoms with Crippen LogP contribution in [0.2, 0.25) is 5.15 Å². The first-order valence-corrected chi connectivity index (χ1v) is 5.78. The molecule has 0 spiro atoms. The van der Waals surface area contributed by atoms with Crippen molar-refractivity contribution in [2.24, 2.45) is 0 Å². The van der Waals surface area contributed by atoms with Crippen LogP contribution >= 0.6 is 11.6 Å². The Labute approximate surface area is 114 Å². The van der Waals surface area contributed by atoms with Crippen molar-refractivity contribution >= 4 is 17.9 Å². The number of aldehydes is 1. The van der Waals surface area contributed by atoms with Crippen LogP contribution < -0.4 is 4.74 Å². The Hall–Kier alpha value is -2.01. The number of nitrogens with zero attached hydrogens (tertiary/aromatic N) is 2. The molecule has 1 aromatic carbocycles. The number of ether oxygens (including phenoxy) is 1. The minimum Gasteiger partial charge on any atom is -0.494 e. The maximum Gasteiger partial charge on any atom is 0.174 e. The second-order valence-corrected chi connectivity index (χ2v) is 4.12. The average Bonchev–Trinajstić information content (AvgIpc) is 2.38. The molecule has 0 fully saturated rings. The SMILES string of the molecule is COc1cccc(-c2nc(C)nc(Cl)c2C=O)c1F. The minimum atomic E-state index is -0.595. The molecule has 2 rings (SSSR count). The molecule has 2 aromatic rings. The maximum atomic E-state index is 14.2. The molecule has 0 bridgehead atoms. The van der Waals surface area contributed by atoms with Crippen LogP contribution in [0.3, 0.4) is 0 Å². The van der Waals surface area contributed by atoms with Crippen LogP contribution in [0, 0.1) is 12.7 Å². The molecule has 98 valence electrons. The second-order valence-electron chi connectivity index (χ2n) is 3.76. The lowest BCUT2D eigenvalue weighted by molar-refractivity contribution is 0.112. The van der Waals surface area contributed by atoms with Gasteiger partial charge in [-0.3, -0.25) is 4.79 Å². The molecule has 4 nitrogen and oxygen atoms in total. The van der Waals surface area contributed by atoms with Gasteiger partial charge in [0.05, 0.1) is 18.4 Å². The highest BCUT2D eigenvalue weighted by molar-refractivity contribution is 6.32. The molecule has 0 aliphatic carbocycles. The fourth-order valence-corrected chi connectivity index (χ4v) is 1.96. The monoisotopic (exact) mass is 280 g/mol. The Kier molecular flexibility index (Phi) is 3.76. The quantitative estimate of drug-likeness (QED) is 0.640. The van der Waals surface area contributed by atoms with E-state index < -0.39 is 5.82 Å². The average molecular weight is 281 g/mol. The largest absolute Gasteiger partial charge is 0.494 e. The third-order valence-corrected chi connectivity index (χ3v) is 2.86. The number of hydrogen-bond acceptors (Lipinski definition) is 4. The number of rotatable bonds is 3. The summed E-state index contributed by atoms with van der Waals surface area (Å²) in [5.74, 6) is -0.170. The maximum absolute atomic E-state index is 14.2. The molecule has 0 saturated heterocycles. The first kappa shape index (κ1) is 13.4. The number of carbonyl (C=O) groups is 1. The Morgan fingerprint density at radius 1 is 1.37 bits per heavy atom. The van der Waals surface area contributed by atoms with E-state index in [-0.39, 0.29) is 27.7 Å². The number of halogens is 2. The van der Waals surface area contributed by atoms with Gasteiger partial charge in [0.2, 0.25) is 0 Å². The number of aryl methyl sites for hydroxylation is 1. The molecule has 0 aliphatic rings.